The third-order valence-corrected chi connectivity index (χ3v) is 4.19. The first-order valence-corrected chi connectivity index (χ1v) is 8.54. The van der Waals surface area contributed by atoms with Crippen molar-refractivity contribution < 1.29 is 23.5 Å². The molecule has 1 N–H and O–H groups in total. The minimum Gasteiger partial charge on any atom is -0.452 e. The van der Waals surface area contributed by atoms with Gasteiger partial charge in [0.15, 0.2) is 6.10 Å². The van der Waals surface area contributed by atoms with Crippen LogP contribution in [0.1, 0.15) is 12.6 Å². The molecule has 0 spiro atoms. The molecule has 8 heteroatoms. The van der Waals surface area contributed by atoms with Gasteiger partial charge in [-0.05, 0) is 31.2 Å². The van der Waals surface area contributed by atoms with E-state index in [-0.39, 0.29) is 18.1 Å². The Kier molecular flexibility index (Phi) is 7.03. The first-order valence-electron chi connectivity index (χ1n) is 7.66. The molecule has 0 radical (unpaired) electrons. The van der Waals surface area contributed by atoms with Gasteiger partial charge in [-0.25, -0.2) is 9.37 Å². The van der Waals surface area contributed by atoms with Crippen LogP contribution in [-0.2, 0) is 25.5 Å². The summed E-state index contributed by atoms with van der Waals surface area (Å²) in [4.78, 5) is 28.0. The summed E-state index contributed by atoms with van der Waals surface area (Å²) in [7, 11) is 1.53. The molecule has 0 fully saturated rings. The van der Waals surface area contributed by atoms with Gasteiger partial charge < -0.3 is 14.8 Å². The van der Waals surface area contributed by atoms with Crippen molar-refractivity contribution in [1.82, 2.24) is 10.3 Å². The number of nitrogens with one attached hydrogen (secondary N) is 1. The lowest BCUT2D eigenvalue weighted by atomic mass is 10.2. The fraction of sp³-hybridized carbons (Fsp3) is 0.353. The fourth-order valence-corrected chi connectivity index (χ4v) is 2.80. The first-order chi connectivity index (χ1) is 12.0. The van der Waals surface area contributed by atoms with E-state index in [9.17, 15) is 14.0 Å². The van der Waals surface area contributed by atoms with E-state index in [1.54, 1.807) is 17.5 Å². The van der Waals surface area contributed by atoms with E-state index in [0.717, 1.165) is 5.56 Å². The van der Waals surface area contributed by atoms with Crippen LogP contribution in [0.5, 0.6) is 0 Å². The number of carbonyl (C=O) groups is 2. The molecule has 0 aliphatic heterocycles. The highest BCUT2D eigenvalue weighted by molar-refractivity contribution is 7.13. The number of ether oxygens (including phenoxy) is 2. The van der Waals surface area contributed by atoms with Gasteiger partial charge >= 0.3 is 5.97 Å². The van der Waals surface area contributed by atoms with Crippen molar-refractivity contribution in [2.75, 3.05) is 20.3 Å². The first kappa shape index (κ1) is 19.0. The highest BCUT2D eigenvalue weighted by Gasteiger charge is 2.18. The average molecular weight is 366 g/mol. The number of benzene rings is 1. The van der Waals surface area contributed by atoms with Crippen LogP contribution in [0.3, 0.4) is 0 Å². The third kappa shape index (κ3) is 5.91. The SMILES string of the molecule is COCCNC(=O)[C@@H](C)OC(=O)Cc1csc(-c2ccc(F)cc2)n1. The van der Waals surface area contributed by atoms with E-state index in [1.165, 1.54) is 37.5 Å². The van der Waals surface area contributed by atoms with E-state index in [4.69, 9.17) is 9.47 Å². The van der Waals surface area contributed by atoms with Gasteiger partial charge in [-0.1, -0.05) is 0 Å². The van der Waals surface area contributed by atoms with Gasteiger partial charge in [-0.15, -0.1) is 11.3 Å². The fourth-order valence-electron chi connectivity index (χ4n) is 1.97. The summed E-state index contributed by atoms with van der Waals surface area (Å²) in [5.74, 6) is -1.23. The van der Waals surface area contributed by atoms with Crippen LogP contribution in [-0.4, -0.2) is 43.2 Å². The molecule has 2 rings (SSSR count). The Morgan fingerprint density at radius 1 is 1.32 bits per heavy atom. The van der Waals surface area contributed by atoms with Gasteiger partial charge in [-0.3, -0.25) is 9.59 Å². The second-order valence-corrected chi connectivity index (χ2v) is 6.10. The van der Waals surface area contributed by atoms with Crippen LogP contribution in [0.4, 0.5) is 4.39 Å². The topological polar surface area (TPSA) is 77.5 Å². The molecule has 134 valence electrons. The summed E-state index contributed by atoms with van der Waals surface area (Å²) < 4.78 is 22.9. The number of methoxy groups -OCH3 is 1. The van der Waals surface area contributed by atoms with Gasteiger partial charge in [-0.2, -0.15) is 0 Å². The van der Waals surface area contributed by atoms with Crippen LogP contribution in [0, 0.1) is 5.82 Å². The predicted octanol–water partition coefficient (Wildman–Crippen LogP) is 2.19. The zero-order valence-corrected chi connectivity index (χ0v) is 14.8. The molecule has 1 amide bonds. The van der Waals surface area contributed by atoms with Gasteiger partial charge in [0.05, 0.1) is 18.7 Å². The number of nitrogens with zero attached hydrogens (tertiary/aromatic N) is 1. The Morgan fingerprint density at radius 2 is 2.04 bits per heavy atom. The monoisotopic (exact) mass is 366 g/mol. The molecule has 0 saturated heterocycles. The molecule has 1 aromatic carbocycles. The molecule has 0 unspecified atom stereocenters. The van der Waals surface area contributed by atoms with Crippen LogP contribution >= 0.6 is 11.3 Å². The van der Waals surface area contributed by atoms with Gasteiger partial charge in [0.2, 0.25) is 0 Å². The van der Waals surface area contributed by atoms with Gasteiger partial charge in [0.25, 0.3) is 5.91 Å². The maximum absolute atomic E-state index is 12.9. The number of carbonyl (C=O) groups excluding carboxylic acids is 2. The smallest absolute Gasteiger partial charge is 0.312 e. The lowest BCUT2D eigenvalue weighted by Gasteiger charge is -2.12. The van der Waals surface area contributed by atoms with Crippen molar-refractivity contribution in [2.45, 2.75) is 19.4 Å². The van der Waals surface area contributed by atoms with Gasteiger partial charge in [0.1, 0.15) is 10.8 Å². The molecule has 6 nitrogen and oxygen atoms in total. The maximum Gasteiger partial charge on any atom is 0.312 e. The lowest BCUT2D eigenvalue weighted by molar-refractivity contribution is -0.154. The molecule has 0 saturated carbocycles. The highest BCUT2D eigenvalue weighted by Crippen LogP contribution is 2.24. The van der Waals surface area contributed by atoms with Crippen LogP contribution in [0.25, 0.3) is 10.6 Å². The number of aromatic nitrogens is 1. The standard InChI is InChI=1S/C17H19FN2O4S/c1-11(16(22)19-7-8-23-2)24-15(21)9-14-10-25-17(20-14)12-3-5-13(18)6-4-12/h3-6,10-11H,7-9H2,1-2H3,(H,19,22)/t11-/m1/s1. The molecule has 1 aromatic heterocycles. The van der Waals surface area contributed by atoms with Crippen molar-refractivity contribution >= 4 is 23.2 Å². The van der Waals surface area contributed by atoms with Crippen molar-refractivity contribution in [3.05, 3.63) is 41.2 Å². The molecular formula is C17H19FN2O4S. The molecule has 0 aliphatic carbocycles. The molecule has 1 atom stereocenters. The molecule has 0 aliphatic rings. The number of rotatable bonds is 8. The van der Waals surface area contributed by atoms with Crippen molar-refractivity contribution in [3.63, 3.8) is 0 Å². The minimum atomic E-state index is -0.889. The third-order valence-electron chi connectivity index (χ3n) is 3.25. The Labute approximate surface area is 149 Å². The maximum atomic E-state index is 12.9. The molecule has 1 heterocycles. The second-order valence-electron chi connectivity index (χ2n) is 5.24. The second kappa shape index (κ2) is 9.24. The van der Waals surface area contributed by atoms with Crippen molar-refractivity contribution in [2.24, 2.45) is 0 Å². The normalized spacial score (nSPS) is 11.8. The number of esters is 1. The van der Waals surface area contributed by atoms with Crippen LogP contribution in [0.2, 0.25) is 0 Å². The predicted molar refractivity (Wildman–Crippen MR) is 91.7 cm³/mol. The Bertz CT molecular complexity index is 718. The molecule has 2 aromatic rings. The van der Waals surface area contributed by atoms with E-state index >= 15 is 0 Å². The summed E-state index contributed by atoms with van der Waals surface area (Å²) in [5.41, 5.74) is 1.32. The molecule has 0 bridgehead atoms. The summed E-state index contributed by atoms with van der Waals surface area (Å²) in [6.07, 6.45) is -0.924. The largest absolute Gasteiger partial charge is 0.452 e. The summed E-state index contributed by atoms with van der Waals surface area (Å²) in [5, 5.41) is 5.02. The Morgan fingerprint density at radius 3 is 2.72 bits per heavy atom. The van der Waals surface area contributed by atoms with Crippen molar-refractivity contribution in [1.29, 1.82) is 0 Å². The number of hydrogen-bond acceptors (Lipinski definition) is 6. The summed E-state index contributed by atoms with van der Waals surface area (Å²) in [6.45, 7) is 2.24. The Balaban J connectivity index is 1.86. The molecular weight excluding hydrogens is 347 g/mol. The molecule has 25 heavy (non-hydrogen) atoms. The number of halogens is 1. The summed E-state index contributed by atoms with van der Waals surface area (Å²) in [6, 6.07) is 5.97. The highest BCUT2D eigenvalue weighted by atomic mass is 32.1. The zero-order chi connectivity index (χ0) is 18.2. The number of amides is 1. The average Bonchev–Trinajstić information content (AvgIpc) is 3.03. The van der Waals surface area contributed by atoms with E-state index < -0.39 is 12.1 Å². The minimum absolute atomic E-state index is 0.0343. The summed E-state index contributed by atoms with van der Waals surface area (Å²) >= 11 is 1.35. The number of thiazole rings is 1. The van der Waals surface area contributed by atoms with E-state index in [2.05, 4.69) is 10.3 Å². The Hall–Kier alpha value is -2.32. The van der Waals surface area contributed by atoms with E-state index in [1.807, 2.05) is 0 Å². The van der Waals surface area contributed by atoms with Gasteiger partial charge in [0, 0.05) is 24.6 Å². The van der Waals surface area contributed by atoms with Crippen LogP contribution in [0.15, 0.2) is 29.6 Å². The number of hydrogen-bond donors (Lipinski definition) is 1. The van der Waals surface area contributed by atoms with Crippen LogP contribution < -0.4 is 5.32 Å². The lowest BCUT2D eigenvalue weighted by Crippen LogP contribution is -2.37. The van der Waals surface area contributed by atoms with Crippen molar-refractivity contribution in [3.8, 4) is 10.6 Å². The van der Waals surface area contributed by atoms with E-state index in [0.29, 0.717) is 23.9 Å². The zero-order valence-electron chi connectivity index (χ0n) is 14.0. The quantitative estimate of drug-likeness (QED) is 0.572.